The molecule has 3 N–H and O–H groups in total. The van der Waals surface area contributed by atoms with E-state index in [0.29, 0.717) is 18.8 Å². The van der Waals surface area contributed by atoms with Gasteiger partial charge in [0.25, 0.3) is 0 Å². The molecule has 1 atom stereocenters. The van der Waals surface area contributed by atoms with Crippen molar-refractivity contribution in [2.45, 2.75) is 40.3 Å². The fourth-order valence-corrected chi connectivity index (χ4v) is 4.36. The highest BCUT2D eigenvalue weighted by atomic mass is 16.5. The van der Waals surface area contributed by atoms with Crippen LogP contribution in [0.3, 0.4) is 0 Å². The van der Waals surface area contributed by atoms with Gasteiger partial charge in [-0.2, -0.15) is 0 Å². The lowest BCUT2D eigenvalue weighted by Gasteiger charge is -2.37. The Hall–Kier alpha value is -3.17. The van der Waals surface area contributed by atoms with Gasteiger partial charge in [-0.25, -0.2) is 0 Å². The maximum absolute atomic E-state index is 12.3. The van der Waals surface area contributed by atoms with Crippen LogP contribution in [0.5, 0.6) is 0 Å². The number of benzene rings is 1. The molecule has 3 heterocycles. The fourth-order valence-electron chi connectivity index (χ4n) is 4.36. The number of hydrogen-bond donors (Lipinski definition) is 3. The summed E-state index contributed by atoms with van der Waals surface area (Å²) in [6, 6.07) is 4.80. The number of nitrogens with zero attached hydrogens (tertiary/aromatic N) is 3. The summed E-state index contributed by atoms with van der Waals surface area (Å²) in [4.78, 5) is 31.8. The van der Waals surface area contributed by atoms with E-state index in [1.165, 1.54) is 0 Å². The predicted molar refractivity (Wildman–Crippen MR) is 125 cm³/mol. The zero-order valence-corrected chi connectivity index (χ0v) is 19.5. The minimum absolute atomic E-state index is 0.0565. The highest BCUT2D eigenvalue weighted by molar-refractivity contribution is 5.96. The standard InChI is InChI=1S/C24H31N5O4/c1-14(2)23(30)26-17-5-6-18-19(12-25-21(18)11-17)22(24(31)32)29-9-7-28(8-10-29)13-20-15(3)27-33-16(20)4/h5-6,11-12,14,22,25H,7-10,13H2,1-4H3,(H,26,30)(H,31,32)/t22-/m1/s1. The SMILES string of the molecule is Cc1noc(C)c1CN1CCN([C@@H](C(=O)O)c2c[nH]c3cc(NC(=O)C(C)C)ccc23)CC1. The lowest BCUT2D eigenvalue weighted by atomic mass is 10.0. The van der Waals surface area contributed by atoms with Gasteiger partial charge in [0.2, 0.25) is 5.91 Å². The number of anilines is 1. The summed E-state index contributed by atoms with van der Waals surface area (Å²) in [5.41, 5.74) is 4.24. The molecule has 0 aliphatic carbocycles. The number of carbonyl (C=O) groups is 2. The Bertz CT molecular complexity index is 1140. The lowest BCUT2D eigenvalue weighted by molar-refractivity contribution is -0.144. The van der Waals surface area contributed by atoms with Gasteiger partial charge in [0.05, 0.1) is 5.69 Å². The number of H-pyrrole nitrogens is 1. The van der Waals surface area contributed by atoms with Crippen LogP contribution in [-0.2, 0) is 16.1 Å². The Balaban J connectivity index is 1.49. The number of carbonyl (C=O) groups excluding carboxylic acids is 1. The second-order valence-electron chi connectivity index (χ2n) is 9.00. The van der Waals surface area contributed by atoms with Gasteiger partial charge in [-0.05, 0) is 26.0 Å². The number of aromatic nitrogens is 2. The van der Waals surface area contributed by atoms with Gasteiger partial charge in [0, 0.05) is 72.6 Å². The molecule has 0 radical (unpaired) electrons. The maximum atomic E-state index is 12.3. The molecule has 1 amide bonds. The van der Waals surface area contributed by atoms with E-state index in [1.54, 1.807) is 6.20 Å². The van der Waals surface area contributed by atoms with E-state index < -0.39 is 12.0 Å². The number of piperazine rings is 1. The number of fused-ring (bicyclic) bond motifs is 1. The summed E-state index contributed by atoms with van der Waals surface area (Å²) in [6.07, 6.45) is 1.77. The van der Waals surface area contributed by atoms with E-state index in [1.807, 2.05) is 50.8 Å². The normalized spacial score (nSPS) is 16.4. The van der Waals surface area contributed by atoms with Crippen molar-refractivity contribution in [3.63, 3.8) is 0 Å². The van der Waals surface area contributed by atoms with Crippen LogP contribution in [0, 0.1) is 19.8 Å². The number of aryl methyl sites for hydroxylation is 2. The molecule has 0 bridgehead atoms. The Morgan fingerprint density at radius 3 is 2.55 bits per heavy atom. The molecule has 1 aliphatic heterocycles. The minimum Gasteiger partial charge on any atom is -0.480 e. The molecule has 4 rings (SSSR count). The van der Waals surface area contributed by atoms with Crippen molar-refractivity contribution in [1.82, 2.24) is 19.9 Å². The van der Waals surface area contributed by atoms with Crippen molar-refractivity contribution in [3.8, 4) is 0 Å². The molecule has 1 saturated heterocycles. The zero-order valence-electron chi connectivity index (χ0n) is 19.5. The van der Waals surface area contributed by atoms with Gasteiger partial charge >= 0.3 is 5.97 Å². The van der Waals surface area contributed by atoms with E-state index in [-0.39, 0.29) is 11.8 Å². The topological polar surface area (TPSA) is 115 Å². The predicted octanol–water partition coefficient (Wildman–Crippen LogP) is 3.31. The molecule has 2 aromatic heterocycles. The molecule has 1 fully saturated rings. The van der Waals surface area contributed by atoms with Crippen LogP contribution in [0.1, 0.15) is 42.5 Å². The highest BCUT2D eigenvalue weighted by Gasteiger charge is 2.32. The molecule has 9 heteroatoms. The van der Waals surface area contributed by atoms with E-state index in [9.17, 15) is 14.7 Å². The second-order valence-corrected chi connectivity index (χ2v) is 9.00. The maximum Gasteiger partial charge on any atom is 0.325 e. The molecular formula is C24H31N5O4. The van der Waals surface area contributed by atoms with Crippen LogP contribution in [0.4, 0.5) is 5.69 Å². The molecular weight excluding hydrogens is 422 g/mol. The Labute approximate surface area is 192 Å². The summed E-state index contributed by atoms with van der Waals surface area (Å²) in [5.74, 6) is -0.208. The molecule has 0 spiro atoms. The molecule has 176 valence electrons. The first-order chi connectivity index (χ1) is 15.7. The van der Waals surface area contributed by atoms with Gasteiger partial charge < -0.3 is 19.9 Å². The first-order valence-electron chi connectivity index (χ1n) is 11.3. The van der Waals surface area contributed by atoms with Crippen LogP contribution in [0.25, 0.3) is 10.9 Å². The first kappa shape index (κ1) is 23.0. The number of aliphatic carboxylic acids is 1. The average Bonchev–Trinajstić information content (AvgIpc) is 3.32. The first-order valence-corrected chi connectivity index (χ1v) is 11.3. The summed E-state index contributed by atoms with van der Waals surface area (Å²) >= 11 is 0. The second kappa shape index (κ2) is 9.36. The molecule has 0 saturated carbocycles. The Morgan fingerprint density at radius 1 is 1.21 bits per heavy atom. The van der Waals surface area contributed by atoms with Crippen LogP contribution in [0.15, 0.2) is 28.9 Å². The van der Waals surface area contributed by atoms with Gasteiger partial charge in [0.15, 0.2) is 0 Å². The van der Waals surface area contributed by atoms with Crippen LogP contribution < -0.4 is 5.32 Å². The molecule has 0 unspecified atom stereocenters. The van der Waals surface area contributed by atoms with Crippen molar-refractivity contribution in [2.24, 2.45) is 5.92 Å². The number of carboxylic acid groups (broad SMARTS) is 1. The molecule has 1 aromatic carbocycles. The highest BCUT2D eigenvalue weighted by Crippen LogP contribution is 2.31. The van der Waals surface area contributed by atoms with Crippen molar-refractivity contribution in [1.29, 1.82) is 0 Å². The van der Waals surface area contributed by atoms with Gasteiger partial charge in [-0.1, -0.05) is 25.1 Å². The average molecular weight is 454 g/mol. The fraction of sp³-hybridized carbons (Fsp3) is 0.458. The van der Waals surface area contributed by atoms with Gasteiger partial charge in [-0.3, -0.25) is 19.4 Å². The largest absolute Gasteiger partial charge is 0.480 e. The number of nitrogens with one attached hydrogen (secondary N) is 2. The Kier molecular flexibility index (Phi) is 6.53. The van der Waals surface area contributed by atoms with Crippen molar-refractivity contribution < 1.29 is 19.2 Å². The monoisotopic (exact) mass is 453 g/mol. The number of aromatic amines is 1. The summed E-state index contributed by atoms with van der Waals surface area (Å²) in [5, 5.41) is 17.9. The Morgan fingerprint density at radius 2 is 1.94 bits per heavy atom. The third kappa shape index (κ3) is 4.79. The van der Waals surface area contributed by atoms with Crippen LogP contribution in [0.2, 0.25) is 0 Å². The zero-order chi connectivity index (χ0) is 23.7. The molecule has 3 aromatic rings. The third-order valence-electron chi connectivity index (χ3n) is 6.37. The summed E-state index contributed by atoms with van der Waals surface area (Å²) in [6.45, 7) is 11.1. The minimum atomic E-state index is -0.868. The van der Waals surface area contributed by atoms with E-state index >= 15 is 0 Å². The smallest absolute Gasteiger partial charge is 0.325 e. The van der Waals surface area contributed by atoms with Crippen molar-refractivity contribution in [2.75, 3.05) is 31.5 Å². The molecule has 9 nitrogen and oxygen atoms in total. The number of carboxylic acids is 1. The van der Waals surface area contributed by atoms with Crippen molar-refractivity contribution in [3.05, 3.63) is 47.0 Å². The van der Waals surface area contributed by atoms with E-state index in [4.69, 9.17) is 4.52 Å². The van der Waals surface area contributed by atoms with Crippen LogP contribution >= 0.6 is 0 Å². The molecule has 33 heavy (non-hydrogen) atoms. The van der Waals surface area contributed by atoms with E-state index in [0.717, 1.165) is 53.1 Å². The van der Waals surface area contributed by atoms with Crippen LogP contribution in [-0.4, -0.2) is 63.1 Å². The van der Waals surface area contributed by atoms with Gasteiger partial charge in [0.1, 0.15) is 11.8 Å². The lowest BCUT2D eigenvalue weighted by Crippen LogP contribution is -2.48. The molecule has 1 aliphatic rings. The number of hydrogen-bond acceptors (Lipinski definition) is 6. The van der Waals surface area contributed by atoms with E-state index in [2.05, 4.69) is 20.4 Å². The number of amides is 1. The van der Waals surface area contributed by atoms with Crippen molar-refractivity contribution >= 4 is 28.5 Å². The number of rotatable bonds is 7. The quantitative estimate of drug-likeness (QED) is 0.503. The summed E-state index contributed by atoms with van der Waals surface area (Å²) < 4.78 is 5.27. The summed E-state index contributed by atoms with van der Waals surface area (Å²) in [7, 11) is 0. The third-order valence-corrected chi connectivity index (χ3v) is 6.37. The van der Waals surface area contributed by atoms with Gasteiger partial charge in [-0.15, -0.1) is 0 Å².